The molecule has 3 nitrogen and oxygen atoms in total. The molecule has 6 heteroatoms. The molecule has 1 unspecified atom stereocenters. The fourth-order valence-corrected chi connectivity index (χ4v) is 4.07. The lowest BCUT2D eigenvalue weighted by Gasteiger charge is -2.15. The van der Waals surface area contributed by atoms with Crippen molar-refractivity contribution in [3.63, 3.8) is 0 Å². The molecule has 0 radical (unpaired) electrons. The number of hydrogen-bond donors (Lipinski definition) is 1. The first kappa shape index (κ1) is 15.2. The van der Waals surface area contributed by atoms with Crippen LogP contribution >= 0.6 is 43.2 Å². The summed E-state index contributed by atoms with van der Waals surface area (Å²) in [4.78, 5) is 1.29. The monoisotopic (exact) mass is 405 g/mol. The van der Waals surface area contributed by atoms with Crippen LogP contribution in [0.2, 0.25) is 0 Å². The molecule has 2 heterocycles. The van der Waals surface area contributed by atoms with Crippen molar-refractivity contribution in [2.75, 3.05) is 6.54 Å². The number of nitrogens with one attached hydrogen (secondary N) is 1. The lowest BCUT2D eigenvalue weighted by atomic mass is 10.1. The Balaban J connectivity index is 2.29. The molecule has 2 rings (SSSR count). The highest BCUT2D eigenvalue weighted by atomic mass is 79.9. The first-order chi connectivity index (χ1) is 9.15. The minimum Gasteiger partial charge on any atom is -0.306 e. The van der Waals surface area contributed by atoms with Crippen molar-refractivity contribution in [2.45, 2.75) is 32.9 Å². The van der Waals surface area contributed by atoms with E-state index in [0.717, 1.165) is 27.8 Å². The van der Waals surface area contributed by atoms with E-state index in [1.54, 1.807) is 11.3 Å². The minimum absolute atomic E-state index is 0.216. The highest BCUT2D eigenvalue weighted by Crippen LogP contribution is 2.37. The molecule has 2 aromatic heterocycles. The Hall–Kier alpha value is -0.170. The molecule has 0 aliphatic heterocycles. The summed E-state index contributed by atoms with van der Waals surface area (Å²) in [6, 6.07) is 2.39. The van der Waals surface area contributed by atoms with Gasteiger partial charge < -0.3 is 5.32 Å². The molecule has 1 atom stereocenters. The van der Waals surface area contributed by atoms with Crippen molar-refractivity contribution in [3.8, 4) is 0 Å². The van der Waals surface area contributed by atoms with Crippen LogP contribution in [0.3, 0.4) is 0 Å². The van der Waals surface area contributed by atoms with Gasteiger partial charge in [0.2, 0.25) is 0 Å². The number of aryl methyl sites for hydroxylation is 1. The molecular formula is C13H17Br2N3S. The largest absolute Gasteiger partial charge is 0.306 e. The molecule has 0 spiro atoms. The van der Waals surface area contributed by atoms with Gasteiger partial charge in [-0.2, -0.15) is 5.10 Å². The summed E-state index contributed by atoms with van der Waals surface area (Å²) in [7, 11) is 0. The highest BCUT2D eigenvalue weighted by molar-refractivity contribution is 9.13. The molecule has 0 amide bonds. The van der Waals surface area contributed by atoms with Crippen molar-refractivity contribution in [1.29, 1.82) is 0 Å². The first-order valence-electron chi connectivity index (χ1n) is 6.36. The predicted octanol–water partition coefficient (Wildman–Crippen LogP) is 4.58. The van der Waals surface area contributed by atoms with Crippen molar-refractivity contribution in [2.24, 2.45) is 0 Å². The summed E-state index contributed by atoms with van der Waals surface area (Å²) in [6.07, 6.45) is 5.19. The fourth-order valence-electron chi connectivity index (χ4n) is 1.88. The van der Waals surface area contributed by atoms with Gasteiger partial charge in [-0.05, 0) is 57.8 Å². The van der Waals surface area contributed by atoms with Gasteiger partial charge in [0.1, 0.15) is 0 Å². The van der Waals surface area contributed by atoms with E-state index < -0.39 is 0 Å². The Morgan fingerprint density at radius 1 is 1.42 bits per heavy atom. The Kier molecular flexibility index (Phi) is 5.62. The molecule has 0 saturated heterocycles. The van der Waals surface area contributed by atoms with Gasteiger partial charge in [0, 0.05) is 27.7 Å². The molecule has 0 bridgehead atoms. The SMILES string of the molecule is CCCNC(c1cnn(CC)c1)c1cc(Br)c(Br)s1. The first-order valence-corrected chi connectivity index (χ1v) is 8.76. The molecule has 1 N–H and O–H groups in total. The van der Waals surface area contributed by atoms with Crippen LogP contribution in [0.1, 0.15) is 36.8 Å². The van der Waals surface area contributed by atoms with Gasteiger partial charge in [0.15, 0.2) is 0 Å². The quantitative estimate of drug-likeness (QED) is 0.760. The number of thiophene rings is 1. The van der Waals surface area contributed by atoms with E-state index in [0.29, 0.717) is 0 Å². The van der Waals surface area contributed by atoms with Crippen molar-refractivity contribution in [3.05, 3.63) is 37.2 Å². The molecule has 0 aliphatic carbocycles. The number of hydrogen-bond acceptors (Lipinski definition) is 3. The van der Waals surface area contributed by atoms with Crippen LogP contribution in [-0.2, 0) is 6.54 Å². The third kappa shape index (κ3) is 3.68. The van der Waals surface area contributed by atoms with Crippen LogP contribution in [0.25, 0.3) is 0 Å². The van der Waals surface area contributed by atoms with Gasteiger partial charge in [-0.3, -0.25) is 4.68 Å². The molecular weight excluding hydrogens is 390 g/mol. The van der Waals surface area contributed by atoms with Crippen molar-refractivity contribution < 1.29 is 0 Å². The maximum Gasteiger partial charge on any atom is 0.0843 e. The third-order valence-electron chi connectivity index (χ3n) is 2.86. The topological polar surface area (TPSA) is 29.9 Å². The van der Waals surface area contributed by atoms with E-state index in [4.69, 9.17) is 0 Å². The van der Waals surface area contributed by atoms with Crippen LogP contribution in [0.5, 0.6) is 0 Å². The van der Waals surface area contributed by atoms with Gasteiger partial charge in [-0.1, -0.05) is 6.92 Å². The van der Waals surface area contributed by atoms with Gasteiger partial charge >= 0.3 is 0 Å². The fraction of sp³-hybridized carbons (Fsp3) is 0.462. The maximum atomic E-state index is 4.38. The summed E-state index contributed by atoms with van der Waals surface area (Å²) >= 11 is 8.88. The Morgan fingerprint density at radius 2 is 2.21 bits per heavy atom. The Morgan fingerprint density at radius 3 is 2.74 bits per heavy atom. The van der Waals surface area contributed by atoms with Gasteiger partial charge in [0.25, 0.3) is 0 Å². The molecule has 2 aromatic rings. The van der Waals surface area contributed by atoms with E-state index in [-0.39, 0.29) is 6.04 Å². The summed E-state index contributed by atoms with van der Waals surface area (Å²) in [6.45, 7) is 6.18. The molecule has 0 aliphatic rings. The van der Waals surface area contributed by atoms with Crippen LogP contribution in [0.4, 0.5) is 0 Å². The van der Waals surface area contributed by atoms with Gasteiger partial charge in [-0.15, -0.1) is 11.3 Å². The number of nitrogens with zero attached hydrogens (tertiary/aromatic N) is 2. The summed E-state index contributed by atoms with van der Waals surface area (Å²) in [5.41, 5.74) is 1.22. The van der Waals surface area contributed by atoms with Crippen molar-refractivity contribution in [1.82, 2.24) is 15.1 Å². The zero-order valence-electron chi connectivity index (χ0n) is 11.0. The van der Waals surface area contributed by atoms with Crippen molar-refractivity contribution >= 4 is 43.2 Å². The van der Waals surface area contributed by atoms with Crippen LogP contribution in [-0.4, -0.2) is 16.3 Å². The maximum absolute atomic E-state index is 4.38. The Labute approximate surface area is 134 Å². The molecule has 104 valence electrons. The van der Waals surface area contributed by atoms with E-state index in [1.165, 1.54) is 10.4 Å². The summed E-state index contributed by atoms with van der Waals surface area (Å²) < 4.78 is 4.21. The standard InChI is InChI=1S/C13H17Br2N3S/c1-3-5-16-12(9-7-17-18(4-2)8-9)11-6-10(14)13(15)19-11/h6-8,12,16H,3-5H2,1-2H3. The van der Waals surface area contributed by atoms with Crippen LogP contribution < -0.4 is 5.32 Å². The van der Waals surface area contributed by atoms with E-state index >= 15 is 0 Å². The Bertz CT molecular complexity index is 516. The molecule has 19 heavy (non-hydrogen) atoms. The second-order valence-corrected chi connectivity index (χ2v) is 7.54. The summed E-state index contributed by atoms with van der Waals surface area (Å²) in [5.74, 6) is 0. The zero-order chi connectivity index (χ0) is 13.8. The van der Waals surface area contributed by atoms with E-state index in [9.17, 15) is 0 Å². The lowest BCUT2D eigenvalue weighted by molar-refractivity contribution is 0.603. The van der Waals surface area contributed by atoms with E-state index in [1.807, 2.05) is 10.9 Å². The highest BCUT2D eigenvalue weighted by Gasteiger charge is 2.18. The average molecular weight is 407 g/mol. The lowest BCUT2D eigenvalue weighted by Crippen LogP contribution is -2.22. The summed E-state index contributed by atoms with van der Waals surface area (Å²) in [5, 5.41) is 7.97. The number of rotatable bonds is 6. The van der Waals surface area contributed by atoms with Gasteiger partial charge in [0.05, 0.1) is 16.0 Å². The number of halogens is 2. The zero-order valence-corrected chi connectivity index (χ0v) is 15.0. The smallest absolute Gasteiger partial charge is 0.0843 e. The van der Waals surface area contributed by atoms with Crippen LogP contribution in [0, 0.1) is 0 Å². The minimum atomic E-state index is 0.216. The van der Waals surface area contributed by atoms with E-state index in [2.05, 4.69) is 68.4 Å². The molecule has 0 saturated carbocycles. The second kappa shape index (κ2) is 7.02. The molecule has 0 fully saturated rings. The third-order valence-corrected chi connectivity index (χ3v) is 6.18. The average Bonchev–Trinajstić information content (AvgIpc) is 2.98. The van der Waals surface area contributed by atoms with Crippen LogP contribution in [0.15, 0.2) is 26.7 Å². The van der Waals surface area contributed by atoms with Gasteiger partial charge in [-0.25, -0.2) is 0 Å². The predicted molar refractivity (Wildman–Crippen MR) is 87.8 cm³/mol. The normalized spacial score (nSPS) is 12.8. The number of aromatic nitrogens is 2. The molecule has 0 aromatic carbocycles. The second-order valence-electron chi connectivity index (χ2n) is 4.29.